The average molecular weight is 351 g/mol. The average Bonchev–Trinajstić information content (AvgIpc) is 2.92. The van der Waals surface area contributed by atoms with E-state index in [0.717, 1.165) is 36.0 Å². The molecule has 0 unspecified atom stereocenters. The molecule has 1 fully saturated rings. The quantitative estimate of drug-likeness (QED) is 0.704. The summed E-state index contributed by atoms with van der Waals surface area (Å²) in [7, 11) is 0. The third-order valence-electron chi connectivity index (χ3n) is 4.56. The lowest BCUT2D eigenvalue weighted by Crippen LogP contribution is -2.50. The van der Waals surface area contributed by atoms with Crippen molar-refractivity contribution < 1.29 is 0 Å². The number of hydrogen-bond acceptors (Lipinski definition) is 6. The van der Waals surface area contributed by atoms with Gasteiger partial charge >= 0.3 is 0 Å². The highest BCUT2D eigenvalue weighted by Gasteiger charge is 2.28. The summed E-state index contributed by atoms with van der Waals surface area (Å²) in [5.41, 5.74) is 2.73. The van der Waals surface area contributed by atoms with Gasteiger partial charge in [0.15, 0.2) is 5.82 Å². The molecule has 0 aromatic carbocycles. The molecule has 8 nitrogen and oxygen atoms in total. The number of rotatable bonds is 4. The molecule has 1 aliphatic heterocycles. The van der Waals surface area contributed by atoms with Gasteiger partial charge in [-0.2, -0.15) is 5.10 Å². The Kier molecular flexibility index (Phi) is 4.02. The van der Waals surface area contributed by atoms with E-state index in [0.29, 0.717) is 18.3 Å². The van der Waals surface area contributed by atoms with Crippen LogP contribution < -0.4 is 10.5 Å². The van der Waals surface area contributed by atoms with E-state index in [9.17, 15) is 4.79 Å². The third kappa shape index (κ3) is 3.10. The molecule has 0 radical (unpaired) electrons. The van der Waals surface area contributed by atoms with Gasteiger partial charge in [-0.3, -0.25) is 9.78 Å². The molecule has 0 amide bonds. The number of hydrogen-bond donors (Lipinski definition) is 0. The van der Waals surface area contributed by atoms with Crippen molar-refractivity contribution in [2.24, 2.45) is 5.92 Å². The Morgan fingerprint density at radius 2 is 1.81 bits per heavy atom. The molecule has 0 N–H and O–H groups in total. The monoisotopic (exact) mass is 351 g/mol. The number of anilines is 1. The Morgan fingerprint density at radius 1 is 1.00 bits per heavy atom. The van der Waals surface area contributed by atoms with Crippen LogP contribution in [0.3, 0.4) is 0 Å². The van der Waals surface area contributed by atoms with Crippen LogP contribution in [0.15, 0.2) is 35.4 Å². The van der Waals surface area contributed by atoms with Gasteiger partial charge in [-0.25, -0.2) is 14.3 Å². The lowest BCUT2D eigenvalue weighted by Gasteiger charge is -2.39. The van der Waals surface area contributed by atoms with Gasteiger partial charge < -0.3 is 4.90 Å². The lowest BCUT2D eigenvalue weighted by molar-refractivity contribution is 0.332. The Labute approximate surface area is 151 Å². The molecule has 134 valence electrons. The molecular weight excluding hydrogens is 330 g/mol. The Morgan fingerprint density at radius 3 is 2.46 bits per heavy atom. The molecular formula is C18H21N7O. The number of aromatic nitrogens is 6. The summed E-state index contributed by atoms with van der Waals surface area (Å²) >= 11 is 0. The molecule has 26 heavy (non-hydrogen) atoms. The normalized spacial score (nSPS) is 14.5. The predicted octanol–water partition coefficient (Wildman–Crippen LogP) is 1.28. The van der Waals surface area contributed by atoms with Gasteiger partial charge in [-0.1, -0.05) is 0 Å². The van der Waals surface area contributed by atoms with Crippen LogP contribution in [0.5, 0.6) is 0 Å². The van der Waals surface area contributed by atoms with Gasteiger partial charge in [-0.15, -0.1) is 5.10 Å². The van der Waals surface area contributed by atoms with E-state index in [2.05, 4.69) is 25.1 Å². The SMILES string of the molecule is Cc1cnc(N2CC(Cn3nc(-n4nc(C)cc4C)ccc3=O)C2)cn1. The highest BCUT2D eigenvalue weighted by atomic mass is 16.1. The second-order valence-electron chi connectivity index (χ2n) is 6.84. The fourth-order valence-electron chi connectivity index (χ4n) is 3.21. The Balaban J connectivity index is 1.47. The van der Waals surface area contributed by atoms with E-state index in [1.807, 2.05) is 26.8 Å². The van der Waals surface area contributed by atoms with Crippen LogP contribution in [0.4, 0.5) is 5.82 Å². The van der Waals surface area contributed by atoms with Gasteiger partial charge in [0.25, 0.3) is 5.56 Å². The largest absolute Gasteiger partial charge is 0.355 e. The summed E-state index contributed by atoms with van der Waals surface area (Å²) in [6.07, 6.45) is 3.56. The second kappa shape index (κ2) is 6.36. The van der Waals surface area contributed by atoms with Crippen molar-refractivity contribution in [2.45, 2.75) is 27.3 Å². The minimum absolute atomic E-state index is 0.0936. The first kappa shape index (κ1) is 16.4. The van der Waals surface area contributed by atoms with Gasteiger partial charge in [0.1, 0.15) is 5.82 Å². The van der Waals surface area contributed by atoms with Crippen LogP contribution in [0.1, 0.15) is 17.1 Å². The van der Waals surface area contributed by atoms with Crippen molar-refractivity contribution in [1.82, 2.24) is 29.5 Å². The van der Waals surface area contributed by atoms with E-state index in [-0.39, 0.29) is 5.56 Å². The highest BCUT2D eigenvalue weighted by molar-refractivity contribution is 5.39. The van der Waals surface area contributed by atoms with Crippen molar-refractivity contribution in [1.29, 1.82) is 0 Å². The summed E-state index contributed by atoms with van der Waals surface area (Å²) in [6, 6.07) is 5.26. The molecule has 8 heteroatoms. The maximum atomic E-state index is 12.2. The molecule has 4 heterocycles. The van der Waals surface area contributed by atoms with Gasteiger partial charge in [0, 0.05) is 30.8 Å². The molecule has 1 saturated heterocycles. The van der Waals surface area contributed by atoms with Crippen molar-refractivity contribution >= 4 is 5.82 Å². The highest BCUT2D eigenvalue weighted by Crippen LogP contribution is 2.22. The fourth-order valence-corrected chi connectivity index (χ4v) is 3.21. The molecule has 4 rings (SSSR count). The minimum Gasteiger partial charge on any atom is -0.355 e. The Hall–Kier alpha value is -3.03. The molecule has 3 aromatic heterocycles. The van der Waals surface area contributed by atoms with Crippen LogP contribution in [0.2, 0.25) is 0 Å². The van der Waals surface area contributed by atoms with Crippen molar-refractivity contribution in [2.75, 3.05) is 18.0 Å². The zero-order valence-corrected chi connectivity index (χ0v) is 15.1. The maximum absolute atomic E-state index is 12.2. The van der Waals surface area contributed by atoms with E-state index in [1.54, 1.807) is 29.2 Å². The van der Waals surface area contributed by atoms with Crippen LogP contribution in [-0.2, 0) is 6.54 Å². The molecule has 3 aromatic rings. The Bertz CT molecular complexity index is 984. The summed E-state index contributed by atoms with van der Waals surface area (Å²) in [5, 5.41) is 8.94. The van der Waals surface area contributed by atoms with E-state index >= 15 is 0 Å². The summed E-state index contributed by atoms with van der Waals surface area (Å²) < 4.78 is 3.30. The zero-order chi connectivity index (χ0) is 18.3. The fraction of sp³-hybridized carbons (Fsp3) is 0.389. The summed E-state index contributed by atoms with van der Waals surface area (Å²) in [5.74, 6) is 1.90. The first-order chi connectivity index (χ1) is 12.5. The van der Waals surface area contributed by atoms with E-state index in [1.165, 1.54) is 4.68 Å². The lowest BCUT2D eigenvalue weighted by atomic mass is 10.0. The molecule has 0 atom stereocenters. The van der Waals surface area contributed by atoms with Crippen LogP contribution in [-0.4, -0.2) is 42.6 Å². The van der Waals surface area contributed by atoms with Crippen molar-refractivity contribution in [3.8, 4) is 5.82 Å². The number of aryl methyl sites for hydroxylation is 3. The smallest absolute Gasteiger partial charge is 0.266 e. The molecule has 0 aliphatic carbocycles. The molecule has 0 saturated carbocycles. The maximum Gasteiger partial charge on any atom is 0.266 e. The van der Waals surface area contributed by atoms with Gasteiger partial charge in [0.2, 0.25) is 0 Å². The standard InChI is InChI=1S/C18H21N7O/c1-12-6-14(3)25(21-12)16-4-5-18(26)24(22-16)11-15-9-23(10-15)17-8-19-13(2)7-20-17/h4-8,15H,9-11H2,1-3H3. The van der Waals surface area contributed by atoms with Gasteiger partial charge in [0.05, 0.1) is 30.3 Å². The number of nitrogens with zero attached hydrogens (tertiary/aromatic N) is 7. The molecule has 0 spiro atoms. The third-order valence-corrected chi connectivity index (χ3v) is 4.56. The van der Waals surface area contributed by atoms with E-state index < -0.39 is 0 Å². The summed E-state index contributed by atoms with van der Waals surface area (Å²) in [6.45, 7) is 8.11. The first-order valence-electron chi connectivity index (χ1n) is 8.65. The predicted molar refractivity (Wildman–Crippen MR) is 97.6 cm³/mol. The topological polar surface area (TPSA) is 81.7 Å². The van der Waals surface area contributed by atoms with Crippen molar-refractivity contribution in [3.05, 3.63) is 58.0 Å². The van der Waals surface area contributed by atoms with Gasteiger partial charge in [-0.05, 0) is 32.9 Å². The van der Waals surface area contributed by atoms with E-state index in [4.69, 9.17) is 0 Å². The minimum atomic E-state index is -0.0936. The van der Waals surface area contributed by atoms with Crippen LogP contribution in [0, 0.1) is 26.7 Å². The zero-order valence-electron chi connectivity index (χ0n) is 15.1. The second-order valence-corrected chi connectivity index (χ2v) is 6.84. The van der Waals surface area contributed by atoms with Crippen molar-refractivity contribution in [3.63, 3.8) is 0 Å². The summed E-state index contributed by atoms with van der Waals surface area (Å²) in [4.78, 5) is 23.0. The molecule has 0 bridgehead atoms. The van der Waals surface area contributed by atoms with Crippen LogP contribution >= 0.6 is 0 Å². The van der Waals surface area contributed by atoms with Crippen LogP contribution in [0.25, 0.3) is 5.82 Å². The molecule has 1 aliphatic rings. The first-order valence-corrected chi connectivity index (χ1v) is 8.65.